The molecule has 1 aliphatic rings. The molecule has 0 spiro atoms. The molecule has 1 atom stereocenters. The molecule has 11 nitrogen and oxygen atoms in total. The Morgan fingerprint density at radius 1 is 1.05 bits per heavy atom. The number of nitrogens with one attached hydrogen (secondary N) is 1. The van der Waals surface area contributed by atoms with E-state index in [0.717, 1.165) is 27.9 Å². The monoisotopic (exact) mass is 497 g/mol. The third-order valence-electron chi connectivity index (χ3n) is 6.24. The van der Waals surface area contributed by atoms with Crippen molar-refractivity contribution in [2.45, 2.75) is 19.4 Å². The topological polar surface area (TPSA) is 127 Å². The zero-order valence-corrected chi connectivity index (χ0v) is 19.9. The number of aromatic nitrogens is 5. The number of amides is 1. The van der Waals surface area contributed by atoms with Gasteiger partial charge in [-0.15, -0.1) is 0 Å². The Hall–Kier alpha value is -4.93. The zero-order chi connectivity index (χ0) is 25.4. The molecule has 0 saturated carbocycles. The highest BCUT2D eigenvalue weighted by molar-refractivity contribution is 5.91. The van der Waals surface area contributed by atoms with Crippen LogP contribution in [0, 0.1) is 6.92 Å². The lowest BCUT2D eigenvalue weighted by Crippen LogP contribution is -2.29. The minimum Gasteiger partial charge on any atom is -0.488 e. The first-order valence-corrected chi connectivity index (χ1v) is 11.8. The highest BCUT2D eigenvalue weighted by atomic mass is 16.5. The van der Waals surface area contributed by atoms with Gasteiger partial charge < -0.3 is 24.8 Å². The molecule has 11 heteroatoms. The van der Waals surface area contributed by atoms with E-state index < -0.39 is 6.09 Å². The summed E-state index contributed by atoms with van der Waals surface area (Å²) in [6.45, 7) is 2.80. The van der Waals surface area contributed by atoms with Crippen molar-refractivity contribution >= 4 is 34.1 Å². The minimum atomic E-state index is -0.924. The van der Waals surface area contributed by atoms with Crippen LogP contribution in [0.1, 0.15) is 12.0 Å². The summed E-state index contributed by atoms with van der Waals surface area (Å²) in [6, 6.07) is 15.1. The molecule has 5 aromatic rings. The van der Waals surface area contributed by atoms with Crippen LogP contribution in [-0.4, -0.2) is 59.9 Å². The summed E-state index contributed by atoms with van der Waals surface area (Å²) in [4.78, 5) is 25.6. The van der Waals surface area contributed by atoms with Gasteiger partial charge >= 0.3 is 6.09 Å². The van der Waals surface area contributed by atoms with Crippen LogP contribution < -0.4 is 14.8 Å². The van der Waals surface area contributed by atoms with Gasteiger partial charge in [0.15, 0.2) is 5.65 Å². The lowest BCUT2D eigenvalue weighted by atomic mass is 10.2. The molecule has 3 aromatic heterocycles. The third kappa shape index (κ3) is 4.66. The van der Waals surface area contributed by atoms with Crippen LogP contribution in [-0.2, 0) is 0 Å². The molecule has 1 fully saturated rings. The Morgan fingerprint density at radius 2 is 1.97 bits per heavy atom. The third-order valence-corrected chi connectivity index (χ3v) is 6.24. The number of fused-ring (bicyclic) bond motifs is 2. The minimum absolute atomic E-state index is 0.185. The smallest absolute Gasteiger partial charge is 0.407 e. The van der Waals surface area contributed by atoms with Crippen molar-refractivity contribution in [1.29, 1.82) is 0 Å². The molecular weight excluding hydrogens is 474 g/mol. The Balaban J connectivity index is 1.20. The number of anilines is 2. The highest BCUT2D eigenvalue weighted by Crippen LogP contribution is 2.31. The molecule has 4 heterocycles. The van der Waals surface area contributed by atoms with E-state index in [-0.39, 0.29) is 6.10 Å². The van der Waals surface area contributed by atoms with E-state index in [1.165, 1.54) is 17.6 Å². The highest BCUT2D eigenvalue weighted by Gasteiger charge is 2.27. The number of carboxylic acid groups (broad SMARTS) is 1. The Labute approximate surface area is 211 Å². The van der Waals surface area contributed by atoms with E-state index in [2.05, 4.69) is 25.4 Å². The summed E-state index contributed by atoms with van der Waals surface area (Å²) in [7, 11) is 0. The summed E-state index contributed by atoms with van der Waals surface area (Å²) >= 11 is 0. The fourth-order valence-electron chi connectivity index (χ4n) is 4.36. The zero-order valence-electron chi connectivity index (χ0n) is 19.9. The molecule has 1 saturated heterocycles. The van der Waals surface area contributed by atoms with Crippen molar-refractivity contribution in [3.8, 4) is 17.2 Å². The SMILES string of the molecule is Cc1cc(Nc2ncnc3ccc(O[C@@H]4CCN(C(=O)O)C4)cc23)ccc1Oc1ccn2ncnc2c1. The Kier molecular flexibility index (Phi) is 5.64. The second kappa shape index (κ2) is 9.26. The molecule has 2 aromatic carbocycles. The maximum absolute atomic E-state index is 11.2. The van der Waals surface area contributed by atoms with Gasteiger partial charge in [-0.2, -0.15) is 5.10 Å². The summed E-state index contributed by atoms with van der Waals surface area (Å²) in [5.74, 6) is 2.68. The molecule has 0 unspecified atom stereocenters. The molecule has 1 amide bonds. The number of rotatable bonds is 6. The molecule has 0 bridgehead atoms. The fourth-order valence-corrected chi connectivity index (χ4v) is 4.36. The largest absolute Gasteiger partial charge is 0.488 e. The molecule has 0 aliphatic carbocycles. The number of aryl methyl sites for hydroxylation is 1. The molecule has 186 valence electrons. The van der Waals surface area contributed by atoms with Gasteiger partial charge in [-0.25, -0.2) is 24.3 Å². The van der Waals surface area contributed by atoms with E-state index in [1.807, 2.05) is 55.5 Å². The van der Waals surface area contributed by atoms with Crippen LogP contribution in [0.2, 0.25) is 0 Å². The molecule has 0 radical (unpaired) electrons. The predicted octanol–water partition coefficient (Wildman–Crippen LogP) is 4.65. The van der Waals surface area contributed by atoms with Gasteiger partial charge in [0.2, 0.25) is 0 Å². The molecular formula is C26H23N7O4. The molecule has 6 rings (SSSR count). The van der Waals surface area contributed by atoms with Crippen LogP contribution >= 0.6 is 0 Å². The van der Waals surface area contributed by atoms with Crippen molar-refractivity contribution in [1.82, 2.24) is 29.5 Å². The Bertz CT molecular complexity index is 1620. The normalized spacial score (nSPS) is 15.3. The maximum atomic E-state index is 11.2. The Morgan fingerprint density at radius 3 is 2.81 bits per heavy atom. The summed E-state index contributed by atoms with van der Waals surface area (Å²) < 4.78 is 13.8. The van der Waals surface area contributed by atoms with Gasteiger partial charge in [-0.05, 0) is 55.0 Å². The van der Waals surface area contributed by atoms with Gasteiger partial charge in [0.05, 0.1) is 12.1 Å². The lowest BCUT2D eigenvalue weighted by Gasteiger charge is -2.16. The van der Waals surface area contributed by atoms with Crippen LogP contribution in [0.4, 0.5) is 16.3 Å². The second-order valence-corrected chi connectivity index (χ2v) is 8.79. The maximum Gasteiger partial charge on any atom is 0.407 e. The number of benzene rings is 2. The van der Waals surface area contributed by atoms with E-state index in [4.69, 9.17) is 9.47 Å². The van der Waals surface area contributed by atoms with Crippen molar-refractivity contribution < 1.29 is 19.4 Å². The molecule has 1 aliphatic heterocycles. The van der Waals surface area contributed by atoms with Crippen LogP contribution in [0.5, 0.6) is 17.2 Å². The first kappa shape index (κ1) is 22.5. The first-order valence-electron chi connectivity index (χ1n) is 11.8. The van der Waals surface area contributed by atoms with Crippen molar-refractivity contribution in [3.05, 3.63) is 72.9 Å². The van der Waals surface area contributed by atoms with Crippen molar-refractivity contribution in [3.63, 3.8) is 0 Å². The second-order valence-electron chi connectivity index (χ2n) is 8.79. The number of hydrogen-bond donors (Lipinski definition) is 2. The van der Waals surface area contributed by atoms with Crippen molar-refractivity contribution in [2.24, 2.45) is 0 Å². The fraction of sp³-hybridized carbons (Fsp3) is 0.192. The predicted molar refractivity (Wildman–Crippen MR) is 136 cm³/mol. The summed E-state index contributed by atoms with van der Waals surface area (Å²) in [5.41, 5.74) is 3.26. The van der Waals surface area contributed by atoms with Gasteiger partial charge in [-0.1, -0.05) is 0 Å². The van der Waals surface area contributed by atoms with Crippen LogP contribution in [0.25, 0.3) is 16.6 Å². The summed E-state index contributed by atoms with van der Waals surface area (Å²) in [5, 5.41) is 17.5. The van der Waals surface area contributed by atoms with Gasteiger partial charge in [0, 0.05) is 36.3 Å². The molecule has 2 N–H and O–H groups in total. The quantitative estimate of drug-likeness (QED) is 0.345. The number of hydrogen-bond acceptors (Lipinski definition) is 8. The number of pyridine rings is 1. The van der Waals surface area contributed by atoms with Crippen LogP contribution in [0.15, 0.2) is 67.4 Å². The van der Waals surface area contributed by atoms with Gasteiger partial charge in [0.25, 0.3) is 0 Å². The molecule has 37 heavy (non-hydrogen) atoms. The number of nitrogens with zero attached hydrogens (tertiary/aromatic N) is 6. The average molecular weight is 498 g/mol. The van der Waals surface area contributed by atoms with Gasteiger partial charge in [-0.3, -0.25) is 0 Å². The van der Waals surface area contributed by atoms with Crippen molar-refractivity contribution in [2.75, 3.05) is 18.4 Å². The summed E-state index contributed by atoms with van der Waals surface area (Å²) in [6.07, 6.45) is 4.36. The lowest BCUT2D eigenvalue weighted by molar-refractivity contribution is 0.145. The first-order chi connectivity index (χ1) is 18.0. The van der Waals surface area contributed by atoms with E-state index in [9.17, 15) is 9.90 Å². The number of carbonyl (C=O) groups is 1. The standard InChI is InChI=1S/C26H23N7O4/c1-16-10-17(2-5-23(16)37-19-7-9-33-24(12-19)28-15-30-33)31-25-21-11-18(3-4-22(21)27-14-29-25)36-20-6-8-32(13-20)26(34)35/h2-5,7,9-12,14-15,20H,6,8,13H2,1H3,(H,34,35)(H,27,29,31)/t20-/m1/s1. The van der Waals surface area contributed by atoms with E-state index >= 15 is 0 Å². The number of ether oxygens (including phenoxy) is 2. The van der Waals surface area contributed by atoms with Gasteiger partial charge in [0.1, 0.15) is 41.8 Å². The number of likely N-dealkylation sites (tertiary alicyclic amines) is 1. The van der Waals surface area contributed by atoms with Crippen LogP contribution in [0.3, 0.4) is 0 Å². The average Bonchev–Trinajstić information content (AvgIpc) is 3.55. The van der Waals surface area contributed by atoms with E-state index in [0.29, 0.717) is 42.5 Å². The van der Waals surface area contributed by atoms with E-state index in [1.54, 1.807) is 10.7 Å².